The van der Waals surface area contributed by atoms with E-state index in [2.05, 4.69) is 0 Å². The van der Waals surface area contributed by atoms with E-state index in [9.17, 15) is 18.3 Å². The minimum Gasteiger partial charge on any atom is -0.492 e. The molecule has 0 unspecified atom stereocenters. The SMILES string of the molecule is CN(CCOc1cccc(F)c1)C[C@@H](O)c1c(F)cccc1F. The molecule has 0 saturated carbocycles. The number of hydrogen-bond acceptors (Lipinski definition) is 3. The molecule has 2 rings (SSSR count). The Morgan fingerprint density at radius 2 is 1.74 bits per heavy atom. The molecule has 23 heavy (non-hydrogen) atoms. The topological polar surface area (TPSA) is 32.7 Å². The van der Waals surface area contributed by atoms with Crippen molar-refractivity contribution in [2.45, 2.75) is 6.10 Å². The number of halogens is 3. The van der Waals surface area contributed by atoms with Gasteiger partial charge in [0.2, 0.25) is 0 Å². The smallest absolute Gasteiger partial charge is 0.131 e. The zero-order valence-corrected chi connectivity index (χ0v) is 12.7. The Balaban J connectivity index is 1.83. The maximum atomic E-state index is 13.6. The highest BCUT2D eigenvalue weighted by molar-refractivity contribution is 5.23. The van der Waals surface area contributed by atoms with Gasteiger partial charge in [-0.1, -0.05) is 12.1 Å². The van der Waals surface area contributed by atoms with Crippen molar-refractivity contribution in [1.82, 2.24) is 4.90 Å². The van der Waals surface area contributed by atoms with Crippen LogP contribution in [0.3, 0.4) is 0 Å². The average Bonchev–Trinajstić information content (AvgIpc) is 2.47. The fraction of sp³-hybridized carbons (Fsp3) is 0.294. The summed E-state index contributed by atoms with van der Waals surface area (Å²) in [5.74, 6) is -1.54. The van der Waals surface area contributed by atoms with Gasteiger partial charge in [0.05, 0.1) is 11.7 Å². The van der Waals surface area contributed by atoms with E-state index in [0.29, 0.717) is 12.3 Å². The average molecular weight is 325 g/mol. The van der Waals surface area contributed by atoms with Crippen molar-refractivity contribution in [3.63, 3.8) is 0 Å². The van der Waals surface area contributed by atoms with Crippen molar-refractivity contribution in [2.24, 2.45) is 0 Å². The van der Waals surface area contributed by atoms with Gasteiger partial charge in [0.1, 0.15) is 29.8 Å². The molecule has 0 heterocycles. The number of benzene rings is 2. The summed E-state index contributed by atoms with van der Waals surface area (Å²) in [6.45, 7) is 0.709. The first-order chi connectivity index (χ1) is 11.0. The summed E-state index contributed by atoms with van der Waals surface area (Å²) in [5.41, 5.74) is -0.342. The van der Waals surface area contributed by atoms with Crippen molar-refractivity contribution in [2.75, 3.05) is 26.7 Å². The van der Waals surface area contributed by atoms with E-state index in [0.717, 1.165) is 12.1 Å². The normalized spacial score (nSPS) is 12.4. The molecule has 0 aromatic heterocycles. The largest absolute Gasteiger partial charge is 0.492 e. The Morgan fingerprint density at radius 1 is 1.09 bits per heavy atom. The molecular weight excluding hydrogens is 307 g/mol. The molecule has 0 spiro atoms. The van der Waals surface area contributed by atoms with E-state index >= 15 is 0 Å². The lowest BCUT2D eigenvalue weighted by Gasteiger charge is -2.21. The first-order valence-corrected chi connectivity index (χ1v) is 7.16. The Morgan fingerprint density at radius 3 is 2.39 bits per heavy atom. The van der Waals surface area contributed by atoms with Crippen LogP contribution in [0, 0.1) is 17.5 Å². The van der Waals surface area contributed by atoms with Crippen LogP contribution in [-0.2, 0) is 0 Å². The molecule has 0 saturated heterocycles. The van der Waals surface area contributed by atoms with Gasteiger partial charge >= 0.3 is 0 Å². The van der Waals surface area contributed by atoms with Gasteiger partial charge in [-0.15, -0.1) is 0 Å². The van der Waals surface area contributed by atoms with Gasteiger partial charge in [-0.3, -0.25) is 0 Å². The Hall–Kier alpha value is -2.05. The van der Waals surface area contributed by atoms with Crippen molar-refractivity contribution in [3.05, 3.63) is 65.5 Å². The number of rotatable bonds is 7. The predicted molar refractivity (Wildman–Crippen MR) is 80.7 cm³/mol. The zero-order valence-electron chi connectivity index (χ0n) is 12.7. The monoisotopic (exact) mass is 325 g/mol. The third-order valence-corrected chi connectivity index (χ3v) is 3.36. The van der Waals surface area contributed by atoms with Crippen LogP contribution in [0.15, 0.2) is 42.5 Å². The van der Waals surface area contributed by atoms with E-state index in [1.807, 2.05) is 0 Å². The molecule has 2 aromatic rings. The molecule has 0 amide bonds. The summed E-state index contributed by atoms with van der Waals surface area (Å²) in [4.78, 5) is 1.68. The van der Waals surface area contributed by atoms with Gasteiger partial charge < -0.3 is 14.7 Å². The zero-order chi connectivity index (χ0) is 16.8. The van der Waals surface area contributed by atoms with Crippen LogP contribution < -0.4 is 4.74 Å². The molecule has 3 nitrogen and oxygen atoms in total. The van der Waals surface area contributed by atoms with Crippen LogP contribution in [0.1, 0.15) is 11.7 Å². The summed E-state index contributed by atoms with van der Waals surface area (Å²) in [6.07, 6.45) is -1.28. The highest BCUT2D eigenvalue weighted by atomic mass is 19.1. The molecule has 2 aromatic carbocycles. The summed E-state index contributed by atoms with van der Waals surface area (Å²) in [6, 6.07) is 9.22. The van der Waals surface area contributed by atoms with E-state index in [1.165, 1.54) is 18.2 Å². The molecule has 6 heteroatoms. The van der Waals surface area contributed by atoms with E-state index in [4.69, 9.17) is 4.74 Å². The summed E-state index contributed by atoms with van der Waals surface area (Å²) < 4.78 is 45.5. The van der Waals surface area contributed by atoms with Crippen molar-refractivity contribution in [1.29, 1.82) is 0 Å². The fourth-order valence-electron chi connectivity index (χ4n) is 2.18. The van der Waals surface area contributed by atoms with Gasteiger partial charge in [0.15, 0.2) is 0 Å². The molecule has 1 atom stereocenters. The predicted octanol–water partition coefficient (Wildman–Crippen LogP) is 3.15. The Labute approximate surface area is 132 Å². The quantitative estimate of drug-likeness (QED) is 0.849. The number of nitrogens with zero attached hydrogens (tertiary/aromatic N) is 1. The van der Waals surface area contributed by atoms with Crippen LogP contribution in [0.2, 0.25) is 0 Å². The molecular formula is C17H18F3NO2. The third-order valence-electron chi connectivity index (χ3n) is 3.36. The van der Waals surface area contributed by atoms with E-state index < -0.39 is 17.7 Å². The van der Waals surface area contributed by atoms with Crippen molar-refractivity contribution < 1.29 is 23.0 Å². The lowest BCUT2D eigenvalue weighted by molar-refractivity contribution is 0.111. The van der Waals surface area contributed by atoms with Crippen LogP contribution >= 0.6 is 0 Å². The number of aliphatic hydroxyl groups is 1. The second-order valence-corrected chi connectivity index (χ2v) is 5.22. The minimum absolute atomic E-state index is 0.0460. The number of ether oxygens (including phenoxy) is 1. The number of hydrogen-bond donors (Lipinski definition) is 1. The molecule has 0 aliphatic heterocycles. The number of likely N-dealkylation sites (N-methyl/N-ethyl adjacent to an activating group) is 1. The fourth-order valence-corrected chi connectivity index (χ4v) is 2.18. The Bertz CT molecular complexity index is 631. The molecule has 0 bridgehead atoms. The molecule has 0 fully saturated rings. The molecule has 0 aliphatic rings. The highest BCUT2D eigenvalue weighted by Gasteiger charge is 2.19. The van der Waals surface area contributed by atoms with E-state index in [-0.39, 0.29) is 24.5 Å². The molecule has 0 radical (unpaired) electrons. The van der Waals surface area contributed by atoms with Gasteiger partial charge in [0.25, 0.3) is 0 Å². The Kier molecular flexibility index (Phi) is 6.01. The maximum Gasteiger partial charge on any atom is 0.131 e. The van der Waals surface area contributed by atoms with Crippen LogP contribution in [0.25, 0.3) is 0 Å². The third kappa shape index (κ3) is 4.97. The first kappa shape index (κ1) is 17.3. The molecule has 124 valence electrons. The maximum absolute atomic E-state index is 13.6. The van der Waals surface area contributed by atoms with Crippen molar-refractivity contribution in [3.8, 4) is 5.75 Å². The van der Waals surface area contributed by atoms with Crippen molar-refractivity contribution >= 4 is 0 Å². The second kappa shape index (κ2) is 7.99. The first-order valence-electron chi connectivity index (χ1n) is 7.16. The van der Waals surface area contributed by atoms with E-state index in [1.54, 1.807) is 24.1 Å². The van der Waals surface area contributed by atoms with Gasteiger partial charge in [-0.25, -0.2) is 13.2 Å². The van der Waals surface area contributed by atoms with Gasteiger partial charge in [-0.2, -0.15) is 0 Å². The van der Waals surface area contributed by atoms with Crippen LogP contribution in [0.4, 0.5) is 13.2 Å². The lowest BCUT2D eigenvalue weighted by atomic mass is 10.1. The highest BCUT2D eigenvalue weighted by Crippen LogP contribution is 2.21. The standard InChI is InChI=1S/C17H18F3NO2/c1-21(8-9-23-13-5-2-4-12(18)10-13)11-16(22)17-14(19)6-3-7-15(17)20/h2-7,10,16,22H,8-9,11H2,1H3/t16-/m1/s1. The summed E-state index contributed by atoms with van der Waals surface area (Å²) in [7, 11) is 1.69. The van der Waals surface area contributed by atoms with Gasteiger partial charge in [-0.05, 0) is 31.3 Å². The lowest BCUT2D eigenvalue weighted by Crippen LogP contribution is -2.29. The summed E-state index contributed by atoms with van der Waals surface area (Å²) >= 11 is 0. The number of aliphatic hydroxyl groups excluding tert-OH is 1. The minimum atomic E-state index is -1.28. The van der Waals surface area contributed by atoms with Crippen LogP contribution in [-0.4, -0.2) is 36.8 Å². The second-order valence-electron chi connectivity index (χ2n) is 5.22. The summed E-state index contributed by atoms with van der Waals surface area (Å²) in [5, 5.41) is 9.99. The van der Waals surface area contributed by atoms with Gasteiger partial charge in [0, 0.05) is 19.2 Å². The molecule has 1 N–H and O–H groups in total. The van der Waals surface area contributed by atoms with Crippen LogP contribution in [0.5, 0.6) is 5.75 Å². The molecule has 0 aliphatic carbocycles.